The summed E-state index contributed by atoms with van der Waals surface area (Å²) in [6.07, 6.45) is 1.65. The number of carbonyl (C=O) groups excluding carboxylic acids is 1. The molecular formula is C26H16ClNO4. The van der Waals surface area contributed by atoms with Gasteiger partial charge in [-0.25, -0.2) is 9.79 Å². The van der Waals surface area contributed by atoms with Crippen molar-refractivity contribution in [2.45, 2.75) is 0 Å². The van der Waals surface area contributed by atoms with E-state index in [0.29, 0.717) is 22.3 Å². The number of furan rings is 1. The molecule has 2 heterocycles. The van der Waals surface area contributed by atoms with Gasteiger partial charge in [0.1, 0.15) is 17.3 Å². The summed E-state index contributed by atoms with van der Waals surface area (Å²) in [6.45, 7) is 0. The first-order valence-electron chi connectivity index (χ1n) is 9.86. The highest BCUT2D eigenvalue weighted by Gasteiger charge is 2.26. The van der Waals surface area contributed by atoms with Crippen LogP contribution in [0.1, 0.15) is 11.3 Å². The number of nitrogens with zero attached hydrogens (tertiary/aromatic N) is 1. The minimum atomic E-state index is -0.546. The summed E-state index contributed by atoms with van der Waals surface area (Å²) < 4.78 is 17.0. The summed E-state index contributed by atoms with van der Waals surface area (Å²) in [6, 6.07) is 27.6. The number of hydrogen-bond donors (Lipinski definition) is 0. The summed E-state index contributed by atoms with van der Waals surface area (Å²) in [7, 11) is 0. The molecular weight excluding hydrogens is 426 g/mol. The van der Waals surface area contributed by atoms with Gasteiger partial charge in [0.25, 0.3) is 5.90 Å². The lowest BCUT2D eigenvalue weighted by Crippen LogP contribution is -2.04. The van der Waals surface area contributed by atoms with Crippen molar-refractivity contribution >= 4 is 29.5 Å². The lowest BCUT2D eigenvalue weighted by molar-refractivity contribution is -0.130. The SMILES string of the molecule is O=C1OC(c2ccc(-c3cccc(Cl)c3)o2)=NC1=Cc1cccc(Oc2ccccc2)c1. The highest BCUT2D eigenvalue weighted by Crippen LogP contribution is 2.28. The Morgan fingerprint density at radius 2 is 1.59 bits per heavy atom. The van der Waals surface area contributed by atoms with Crippen molar-refractivity contribution in [2.24, 2.45) is 4.99 Å². The fourth-order valence-corrected chi connectivity index (χ4v) is 3.40. The van der Waals surface area contributed by atoms with Crippen molar-refractivity contribution in [1.82, 2.24) is 0 Å². The molecule has 0 fully saturated rings. The smallest absolute Gasteiger partial charge is 0.363 e. The number of esters is 1. The zero-order chi connectivity index (χ0) is 21.9. The molecule has 156 valence electrons. The van der Waals surface area contributed by atoms with Gasteiger partial charge in [-0.1, -0.05) is 54.1 Å². The topological polar surface area (TPSA) is 61.0 Å². The standard InChI is InChI=1S/C26H16ClNO4/c27-19-8-5-7-18(16-19)23-12-13-24(31-23)25-28-22(26(29)32-25)15-17-6-4-11-21(14-17)30-20-9-2-1-3-10-20/h1-16H. The number of benzene rings is 3. The number of ether oxygens (including phenoxy) is 2. The van der Waals surface area contributed by atoms with E-state index in [1.54, 1.807) is 30.3 Å². The molecule has 0 saturated heterocycles. The van der Waals surface area contributed by atoms with E-state index < -0.39 is 5.97 Å². The first kappa shape index (κ1) is 19.8. The Morgan fingerprint density at radius 1 is 0.812 bits per heavy atom. The van der Waals surface area contributed by atoms with Crippen LogP contribution < -0.4 is 4.74 Å². The molecule has 1 aliphatic heterocycles. The number of aliphatic imine (C=N–C) groups is 1. The van der Waals surface area contributed by atoms with Crippen LogP contribution in [0.4, 0.5) is 0 Å². The van der Waals surface area contributed by atoms with Crippen LogP contribution in [0, 0.1) is 0 Å². The summed E-state index contributed by atoms with van der Waals surface area (Å²) in [5, 5.41) is 0.605. The van der Waals surface area contributed by atoms with Crippen LogP contribution in [0.15, 0.2) is 106 Å². The quantitative estimate of drug-likeness (QED) is 0.254. The second-order valence-electron chi connectivity index (χ2n) is 7.00. The van der Waals surface area contributed by atoms with Crippen LogP contribution in [-0.4, -0.2) is 11.9 Å². The van der Waals surface area contributed by atoms with Crippen molar-refractivity contribution in [2.75, 3.05) is 0 Å². The first-order chi connectivity index (χ1) is 15.6. The van der Waals surface area contributed by atoms with E-state index in [0.717, 1.165) is 16.9 Å². The molecule has 0 atom stereocenters. The predicted molar refractivity (Wildman–Crippen MR) is 123 cm³/mol. The van der Waals surface area contributed by atoms with Gasteiger partial charge in [0.05, 0.1) is 0 Å². The van der Waals surface area contributed by atoms with E-state index in [4.69, 9.17) is 25.5 Å². The maximum Gasteiger partial charge on any atom is 0.363 e. The monoisotopic (exact) mass is 441 g/mol. The Bertz CT molecular complexity index is 1360. The van der Waals surface area contributed by atoms with Gasteiger partial charge < -0.3 is 13.9 Å². The summed E-state index contributed by atoms with van der Waals surface area (Å²) in [5.41, 5.74) is 1.76. The fourth-order valence-electron chi connectivity index (χ4n) is 3.21. The average molecular weight is 442 g/mol. The van der Waals surface area contributed by atoms with Crippen molar-refractivity contribution in [3.05, 3.63) is 113 Å². The Kier molecular flexibility index (Phi) is 5.32. The third-order valence-corrected chi connectivity index (χ3v) is 4.92. The molecule has 32 heavy (non-hydrogen) atoms. The number of para-hydroxylation sites is 1. The normalized spacial score (nSPS) is 14.3. The second-order valence-corrected chi connectivity index (χ2v) is 7.43. The number of hydrogen-bond acceptors (Lipinski definition) is 5. The maximum atomic E-state index is 12.4. The largest absolute Gasteiger partial charge is 0.457 e. The highest BCUT2D eigenvalue weighted by molar-refractivity contribution is 6.30. The summed E-state index contributed by atoms with van der Waals surface area (Å²) in [5.74, 6) is 1.91. The van der Waals surface area contributed by atoms with Crippen LogP contribution in [-0.2, 0) is 9.53 Å². The third-order valence-electron chi connectivity index (χ3n) is 4.69. The maximum absolute atomic E-state index is 12.4. The van der Waals surface area contributed by atoms with E-state index in [1.165, 1.54) is 0 Å². The average Bonchev–Trinajstić information content (AvgIpc) is 3.42. The lowest BCUT2D eigenvalue weighted by atomic mass is 10.2. The van der Waals surface area contributed by atoms with Crippen LogP contribution in [0.3, 0.4) is 0 Å². The lowest BCUT2D eigenvalue weighted by Gasteiger charge is -2.05. The molecule has 6 heteroatoms. The molecule has 0 radical (unpaired) electrons. The van der Waals surface area contributed by atoms with Gasteiger partial charge in [-0.2, -0.15) is 0 Å². The Labute approximate surface area is 189 Å². The van der Waals surface area contributed by atoms with Crippen LogP contribution in [0.5, 0.6) is 11.5 Å². The number of cyclic esters (lactones) is 1. The molecule has 1 aromatic heterocycles. The predicted octanol–water partition coefficient (Wildman–Crippen LogP) is 6.74. The Hall–Kier alpha value is -4.09. The minimum absolute atomic E-state index is 0.117. The van der Waals surface area contributed by atoms with Crippen molar-refractivity contribution in [1.29, 1.82) is 0 Å². The van der Waals surface area contributed by atoms with Gasteiger partial charge in [-0.3, -0.25) is 0 Å². The molecule has 0 bridgehead atoms. The zero-order valence-electron chi connectivity index (χ0n) is 16.7. The molecule has 0 aliphatic carbocycles. The van der Waals surface area contributed by atoms with Gasteiger partial charge in [-0.05, 0) is 60.2 Å². The Morgan fingerprint density at radius 3 is 2.44 bits per heavy atom. The number of rotatable bonds is 5. The molecule has 0 spiro atoms. The zero-order valence-corrected chi connectivity index (χ0v) is 17.5. The summed E-state index contributed by atoms with van der Waals surface area (Å²) >= 11 is 6.05. The molecule has 0 unspecified atom stereocenters. The van der Waals surface area contributed by atoms with Crippen molar-refractivity contribution < 1.29 is 18.7 Å². The van der Waals surface area contributed by atoms with E-state index >= 15 is 0 Å². The minimum Gasteiger partial charge on any atom is -0.457 e. The fraction of sp³-hybridized carbons (Fsp3) is 0. The number of carbonyl (C=O) groups is 1. The van der Waals surface area contributed by atoms with E-state index in [-0.39, 0.29) is 11.6 Å². The Balaban J connectivity index is 1.38. The third kappa shape index (κ3) is 4.33. The van der Waals surface area contributed by atoms with Crippen molar-refractivity contribution in [3.8, 4) is 22.8 Å². The molecule has 0 N–H and O–H groups in total. The molecule has 1 aliphatic rings. The van der Waals surface area contributed by atoms with Gasteiger partial charge in [-0.15, -0.1) is 0 Å². The van der Waals surface area contributed by atoms with Crippen LogP contribution in [0.2, 0.25) is 5.02 Å². The van der Waals surface area contributed by atoms with E-state index in [2.05, 4.69) is 4.99 Å². The second kappa shape index (κ2) is 8.57. The molecule has 0 saturated carbocycles. The molecule has 5 rings (SSSR count). The van der Waals surface area contributed by atoms with E-state index in [1.807, 2.05) is 66.7 Å². The molecule has 0 amide bonds. The summed E-state index contributed by atoms with van der Waals surface area (Å²) in [4.78, 5) is 16.7. The molecule has 5 nitrogen and oxygen atoms in total. The molecule has 3 aromatic carbocycles. The van der Waals surface area contributed by atoms with Gasteiger partial charge >= 0.3 is 5.97 Å². The molecule has 4 aromatic rings. The highest BCUT2D eigenvalue weighted by atomic mass is 35.5. The number of halogens is 1. The van der Waals surface area contributed by atoms with E-state index in [9.17, 15) is 4.79 Å². The first-order valence-corrected chi connectivity index (χ1v) is 10.2. The van der Waals surface area contributed by atoms with Crippen LogP contribution >= 0.6 is 11.6 Å². The van der Waals surface area contributed by atoms with Gasteiger partial charge in [0, 0.05) is 10.6 Å². The van der Waals surface area contributed by atoms with Gasteiger partial charge in [0.15, 0.2) is 11.5 Å². The van der Waals surface area contributed by atoms with Crippen LogP contribution in [0.25, 0.3) is 17.4 Å². The van der Waals surface area contributed by atoms with Crippen molar-refractivity contribution in [3.63, 3.8) is 0 Å². The van der Waals surface area contributed by atoms with Gasteiger partial charge in [0.2, 0.25) is 0 Å².